The van der Waals surface area contributed by atoms with Gasteiger partial charge >= 0.3 is 6.03 Å². The lowest BCUT2D eigenvalue weighted by Gasteiger charge is -2.28. The van der Waals surface area contributed by atoms with Gasteiger partial charge in [0, 0.05) is 52.7 Å². The van der Waals surface area contributed by atoms with E-state index in [9.17, 15) is 9.59 Å². The zero-order valence-electron chi connectivity index (χ0n) is 15.3. The standard InChI is InChI=1S/C20H25ClN4O2/c21-13-6-7-17-15(10-13)16-12-25(9-8-18(16)24-17)19(26)11-22-20(27)23-14-4-2-1-3-5-14/h6-7,10,14,24H,1-5,8-9,11-12H2,(H2,22,23,27). The molecule has 7 heteroatoms. The van der Waals surface area contributed by atoms with Crippen LogP contribution in [-0.4, -0.2) is 41.0 Å². The molecule has 0 spiro atoms. The van der Waals surface area contributed by atoms with Gasteiger partial charge < -0.3 is 20.5 Å². The van der Waals surface area contributed by atoms with Gasteiger partial charge in [0.1, 0.15) is 0 Å². The van der Waals surface area contributed by atoms with Gasteiger partial charge in [0.15, 0.2) is 0 Å². The Bertz CT molecular complexity index is 857. The van der Waals surface area contributed by atoms with Crippen molar-refractivity contribution in [2.45, 2.75) is 51.1 Å². The molecule has 3 amide bonds. The monoisotopic (exact) mass is 388 g/mol. The number of rotatable bonds is 3. The van der Waals surface area contributed by atoms with Crippen molar-refractivity contribution in [3.63, 3.8) is 0 Å². The third-order valence-corrected chi connectivity index (χ3v) is 5.87. The summed E-state index contributed by atoms with van der Waals surface area (Å²) in [5.74, 6) is -0.0594. The molecule has 6 nitrogen and oxygen atoms in total. The first-order chi connectivity index (χ1) is 13.1. The molecule has 4 rings (SSSR count). The van der Waals surface area contributed by atoms with Gasteiger partial charge in [0.2, 0.25) is 5.91 Å². The van der Waals surface area contributed by atoms with Crippen LogP contribution >= 0.6 is 11.6 Å². The Balaban J connectivity index is 1.34. The summed E-state index contributed by atoms with van der Waals surface area (Å²) in [6.07, 6.45) is 6.40. The number of carbonyl (C=O) groups is 2. The third kappa shape index (κ3) is 4.05. The Hall–Kier alpha value is -2.21. The molecule has 1 fully saturated rings. The van der Waals surface area contributed by atoms with E-state index < -0.39 is 0 Å². The van der Waals surface area contributed by atoms with Crippen molar-refractivity contribution < 1.29 is 9.59 Å². The number of nitrogens with one attached hydrogen (secondary N) is 3. The number of hydrogen-bond acceptors (Lipinski definition) is 2. The van der Waals surface area contributed by atoms with Crippen molar-refractivity contribution >= 4 is 34.4 Å². The number of aromatic nitrogens is 1. The van der Waals surface area contributed by atoms with E-state index in [-0.39, 0.29) is 24.5 Å². The Labute approximate surface area is 163 Å². The average Bonchev–Trinajstić information content (AvgIpc) is 3.04. The zero-order chi connectivity index (χ0) is 18.8. The van der Waals surface area contributed by atoms with Crippen LogP contribution in [0.25, 0.3) is 10.9 Å². The highest BCUT2D eigenvalue weighted by Crippen LogP contribution is 2.29. The first-order valence-corrected chi connectivity index (χ1v) is 10.1. The maximum Gasteiger partial charge on any atom is 0.315 e. The van der Waals surface area contributed by atoms with Crippen molar-refractivity contribution in [2.75, 3.05) is 13.1 Å². The summed E-state index contributed by atoms with van der Waals surface area (Å²) in [6.45, 7) is 1.22. The van der Waals surface area contributed by atoms with Crippen LogP contribution in [0.1, 0.15) is 43.4 Å². The van der Waals surface area contributed by atoms with Crippen LogP contribution < -0.4 is 10.6 Å². The van der Waals surface area contributed by atoms with Gasteiger partial charge in [0.05, 0.1) is 6.54 Å². The minimum absolute atomic E-state index is 0.0248. The number of aromatic amines is 1. The molecular weight excluding hydrogens is 364 g/mol. The summed E-state index contributed by atoms with van der Waals surface area (Å²) < 4.78 is 0. The fourth-order valence-electron chi connectivity index (χ4n) is 4.15. The average molecular weight is 389 g/mol. The van der Waals surface area contributed by atoms with E-state index in [1.807, 2.05) is 18.2 Å². The Morgan fingerprint density at radius 1 is 1.22 bits per heavy atom. The van der Waals surface area contributed by atoms with Crippen LogP contribution in [0.2, 0.25) is 5.02 Å². The predicted octanol–water partition coefficient (Wildman–Crippen LogP) is 3.34. The number of halogens is 1. The number of carbonyl (C=O) groups excluding carboxylic acids is 2. The van der Waals surface area contributed by atoms with Crippen molar-refractivity contribution in [3.8, 4) is 0 Å². The SMILES string of the molecule is O=C(NCC(=O)N1CCc2[nH]c3ccc(Cl)cc3c2C1)NC1CCCCC1. The van der Waals surface area contributed by atoms with Gasteiger partial charge in [-0.05, 0) is 31.0 Å². The lowest BCUT2D eigenvalue weighted by Crippen LogP contribution is -2.47. The normalized spacial score (nSPS) is 17.6. The van der Waals surface area contributed by atoms with Crippen molar-refractivity contribution in [1.82, 2.24) is 20.5 Å². The summed E-state index contributed by atoms with van der Waals surface area (Å²) in [5, 5.41) is 7.46. The fraction of sp³-hybridized carbons (Fsp3) is 0.500. The highest BCUT2D eigenvalue weighted by molar-refractivity contribution is 6.31. The van der Waals surface area contributed by atoms with Crippen LogP contribution in [-0.2, 0) is 17.8 Å². The van der Waals surface area contributed by atoms with E-state index in [1.54, 1.807) is 4.90 Å². The first-order valence-electron chi connectivity index (χ1n) is 9.71. The summed E-state index contributed by atoms with van der Waals surface area (Å²) in [5.41, 5.74) is 3.33. The molecule has 144 valence electrons. The van der Waals surface area contributed by atoms with Crippen LogP contribution in [0.5, 0.6) is 0 Å². The van der Waals surface area contributed by atoms with E-state index >= 15 is 0 Å². The number of hydrogen-bond donors (Lipinski definition) is 3. The molecule has 1 aromatic carbocycles. The molecule has 1 aliphatic carbocycles. The largest absolute Gasteiger partial charge is 0.358 e. The van der Waals surface area contributed by atoms with Crippen molar-refractivity contribution in [2.24, 2.45) is 0 Å². The van der Waals surface area contributed by atoms with Gasteiger partial charge in [-0.2, -0.15) is 0 Å². The number of H-pyrrole nitrogens is 1. The molecule has 2 heterocycles. The number of nitrogens with zero attached hydrogens (tertiary/aromatic N) is 1. The van der Waals surface area contributed by atoms with Gasteiger partial charge in [-0.25, -0.2) is 4.79 Å². The first kappa shape index (κ1) is 18.2. The zero-order valence-corrected chi connectivity index (χ0v) is 16.1. The van der Waals surface area contributed by atoms with Crippen LogP contribution in [0.3, 0.4) is 0 Å². The second-order valence-electron chi connectivity index (χ2n) is 7.50. The molecule has 1 aliphatic heterocycles. The van der Waals surface area contributed by atoms with E-state index in [0.29, 0.717) is 18.1 Å². The summed E-state index contributed by atoms with van der Waals surface area (Å²) in [4.78, 5) is 29.9. The van der Waals surface area contributed by atoms with Gasteiger partial charge in [-0.3, -0.25) is 4.79 Å². The molecule has 1 aromatic heterocycles. The molecule has 2 aliphatic rings. The summed E-state index contributed by atoms with van der Waals surface area (Å²) in [7, 11) is 0. The minimum atomic E-state index is -0.244. The van der Waals surface area contributed by atoms with E-state index in [4.69, 9.17) is 11.6 Å². The molecule has 0 radical (unpaired) electrons. The maximum absolute atomic E-state index is 12.6. The fourth-order valence-corrected chi connectivity index (χ4v) is 4.32. The van der Waals surface area contributed by atoms with Crippen molar-refractivity contribution in [1.29, 1.82) is 0 Å². The van der Waals surface area contributed by atoms with Crippen LogP contribution in [0.4, 0.5) is 4.79 Å². The van der Waals surface area contributed by atoms with Gasteiger partial charge in [-0.15, -0.1) is 0 Å². The molecule has 1 saturated carbocycles. The minimum Gasteiger partial charge on any atom is -0.358 e. The highest BCUT2D eigenvalue weighted by Gasteiger charge is 2.24. The van der Waals surface area contributed by atoms with Crippen LogP contribution in [0, 0.1) is 0 Å². The highest BCUT2D eigenvalue weighted by atomic mass is 35.5. The summed E-state index contributed by atoms with van der Waals surface area (Å²) in [6, 6.07) is 5.77. The summed E-state index contributed by atoms with van der Waals surface area (Å²) >= 11 is 6.13. The van der Waals surface area contributed by atoms with E-state index in [1.165, 1.54) is 12.1 Å². The van der Waals surface area contributed by atoms with Crippen LogP contribution in [0.15, 0.2) is 18.2 Å². The van der Waals surface area contributed by atoms with E-state index in [0.717, 1.165) is 48.6 Å². The number of benzene rings is 1. The molecule has 3 N–H and O–H groups in total. The van der Waals surface area contributed by atoms with Gasteiger partial charge in [0.25, 0.3) is 0 Å². The molecule has 27 heavy (non-hydrogen) atoms. The molecule has 0 bridgehead atoms. The quantitative estimate of drug-likeness (QED) is 0.754. The number of fused-ring (bicyclic) bond motifs is 3. The second-order valence-corrected chi connectivity index (χ2v) is 7.94. The van der Waals surface area contributed by atoms with Gasteiger partial charge in [-0.1, -0.05) is 30.9 Å². The predicted molar refractivity (Wildman–Crippen MR) is 106 cm³/mol. The Morgan fingerprint density at radius 2 is 2.04 bits per heavy atom. The molecule has 0 atom stereocenters. The Kier molecular flexibility index (Phi) is 5.25. The third-order valence-electron chi connectivity index (χ3n) is 5.63. The topological polar surface area (TPSA) is 77.2 Å². The lowest BCUT2D eigenvalue weighted by molar-refractivity contribution is -0.130. The molecular formula is C20H25ClN4O2. The lowest BCUT2D eigenvalue weighted by atomic mass is 9.96. The number of amides is 3. The van der Waals surface area contributed by atoms with Crippen molar-refractivity contribution in [3.05, 3.63) is 34.5 Å². The molecule has 2 aromatic rings. The molecule has 0 unspecified atom stereocenters. The smallest absolute Gasteiger partial charge is 0.315 e. The second kappa shape index (κ2) is 7.80. The number of urea groups is 1. The molecule has 0 saturated heterocycles. The van der Waals surface area contributed by atoms with E-state index in [2.05, 4.69) is 15.6 Å². The Morgan fingerprint density at radius 3 is 2.85 bits per heavy atom. The maximum atomic E-state index is 12.6.